The molecule has 1 unspecified atom stereocenters. The van der Waals surface area contributed by atoms with Crippen molar-refractivity contribution in [3.63, 3.8) is 0 Å². The van der Waals surface area contributed by atoms with E-state index in [1.165, 1.54) is 0 Å². The van der Waals surface area contributed by atoms with Crippen LogP contribution < -0.4 is 4.72 Å². The second-order valence-electron chi connectivity index (χ2n) is 5.12. The first-order valence-electron chi connectivity index (χ1n) is 5.96. The summed E-state index contributed by atoms with van der Waals surface area (Å²) in [5.41, 5.74) is 0. The minimum atomic E-state index is -0.949. The lowest BCUT2D eigenvalue weighted by Crippen LogP contribution is -2.34. The van der Waals surface area contributed by atoms with Crippen molar-refractivity contribution in [3.8, 4) is 0 Å². The van der Waals surface area contributed by atoms with Crippen molar-refractivity contribution in [2.24, 2.45) is 0 Å². The first-order valence-corrected chi connectivity index (χ1v) is 7.11. The van der Waals surface area contributed by atoms with Gasteiger partial charge in [0.2, 0.25) is 0 Å². The Morgan fingerprint density at radius 2 is 2.25 bits per heavy atom. The summed E-state index contributed by atoms with van der Waals surface area (Å²) >= 11 is 0. The third-order valence-corrected chi connectivity index (χ3v) is 4.09. The highest BCUT2D eigenvalue weighted by Gasteiger charge is 2.18. The summed E-state index contributed by atoms with van der Waals surface area (Å²) in [5, 5.41) is 0. The second kappa shape index (κ2) is 6.40. The van der Waals surface area contributed by atoms with E-state index in [1.54, 1.807) is 6.26 Å². The molecule has 2 atom stereocenters. The molecule has 1 aliphatic rings. The van der Waals surface area contributed by atoms with Gasteiger partial charge in [0.05, 0.1) is 28.1 Å². The van der Waals surface area contributed by atoms with Crippen molar-refractivity contribution in [2.45, 2.75) is 57.3 Å². The second-order valence-corrected chi connectivity index (χ2v) is 7.18. The third kappa shape index (κ3) is 5.12. The van der Waals surface area contributed by atoms with Crippen molar-refractivity contribution in [1.82, 2.24) is 4.72 Å². The first kappa shape index (κ1) is 13.7. The van der Waals surface area contributed by atoms with E-state index in [9.17, 15) is 4.21 Å². The van der Waals surface area contributed by atoms with E-state index >= 15 is 0 Å². The largest absolute Gasteiger partial charge is 0.498 e. The van der Waals surface area contributed by atoms with Gasteiger partial charge in [-0.1, -0.05) is 0 Å². The van der Waals surface area contributed by atoms with Crippen LogP contribution in [-0.4, -0.2) is 21.6 Å². The van der Waals surface area contributed by atoms with E-state index in [-0.39, 0.29) is 4.75 Å². The van der Waals surface area contributed by atoms with Crippen LogP contribution in [0.25, 0.3) is 0 Å². The van der Waals surface area contributed by atoms with Crippen LogP contribution in [0.3, 0.4) is 0 Å². The summed E-state index contributed by atoms with van der Waals surface area (Å²) in [6.07, 6.45) is 8.50. The molecule has 0 aliphatic carbocycles. The molecule has 0 spiro atoms. The average Bonchev–Trinajstić information content (AvgIpc) is 2.24. The van der Waals surface area contributed by atoms with E-state index in [2.05, 4.69) is 10.8 Å². The summed E-state index contributed by atoms with van der Waals surface area (Å²) < 4.78 is 20.0. The van der Waals surface area contributed by atoms with Gasteiger partial charge in [0.15, 0.2) is 0 Å². The topological polar surface area (TPSA) is 38.3 Å². The smallest absolute Gasteiger partial charge is 0.0981 e. The van der Waals surface area contributed by atoms with E-state index < -0.39 is 11.0 Å². The fourth-order valence-corrected chi connectivity index (χ4v) is 2.27. The van der Waals surface area contributed by atoms with Gasteiger partial charge in [-0.15, -0.1) is 0 Å². The zero-order chi connectivity index (χ0) is 12.0. The van der Waals surface area contributed by atoms with E-state index in [0.717, 1.165) is 32.2 Å². The van der Waals surface area contributed by atoms with Crippen molar-refractivity contribution >= 4 is 11.0 Å². The zero-order valence-corrected chi connectivity index (χ0v) is 11.3. The Kier molecular flexibility index (Phi) is 5.49. The van der Waals surface area contributed by atoms with E-state index in [0.29, 0.717) is 6.10 Å². The maximum Gasteiger partial charge on any atom is 0.0981 e. The molecule has 0 aromatic carbocycles. The number of hydrogen-bond donors (Lipinski definition) is 1. The van der Waals surface area contributed by atoms with Crippen molar-refractivity contribution < 1.29 is 8.95 Å². The molecular weight excluding hydrogens is 222 g/mol. The fourth-order valence-electron chi connectivity index (χ4n) is 1.51. The zero-order valence-electron chi connectivity index (χ0n) is 10.5. The lowest BCUT2D eigenvalue weighted by Gasteiger charge is -2.20. The van der Waals surface area contributed by atoms with Crippen LogP contribution in [-0.2, 0) is 15.7 Å². The first-order chi connectivity index (χ1) is 7.50. The highest BCUT2D eigenvalue weighted by atomic mass is 32.2. The van der Waals surface area contributed by atoms with Crippen LogP contribution in [0.2, 0.25) is 0 Å². The SMILES string of the molecule is CC(C)(C)S(=O)NCCC[C@@H]1CCC=CO1. The number of hydrogen-bond acceptors (Lipinski definition) is 2. The highest BCUT2D eigenvalue weighted by Crippen LogP contribution is 2.15. The maximum atomic E-state index is 11.7. The summed E-state index contributed by atoms with van der Waals surface area (Å²) in [5.74, 6) is 0. The molecule has 16 heavy (non-hydrogen) atoms. The molecule has 0 saturated heterocycles. The molecule has 0 radical (unpaired) electrons. The third-order valence-electron chi connectivity index (χ3n) is 2.51. The average molecular weight is 245 g/mol. The lowest BCUT2D eigenvalue weighted by atomic mass is 10.1. The Labute approximate surface area is 101 Å². The molecule has 0 amide bonds. The Balaban J connectivity index is 2.08. The van der Waals surface area contributed by atoms with Crippen molar-refractivity contribution in [1.29, 1.82) is 0 Å². The normalized spacial score (nSPS) is 22.8. The van der Waals surface area contributed by atoms with Gasteiger partial charge in [0.1, 0.15) is 0 Å². The van der Waals surface area contributed by atoms with E-state index in [4.69, 9.17) is 4.74 Å². The quantitative estimate of drug-likeness (QED) is 0.756. The number of rotatable bonds is 5. The Morgan fingerprint density at radius 3 is 2.81 bits per heavy atom. The lowest BCUT2D eigenvalue weighted by molar-refractivity contribution is 0.114. The molecule has 3 nitrogen and oxygen atoms in total. The highest BCUT2D eigenvalue weighted by molar-refractivity contribution is 7.84. The molecule has 0 fully saturated rings. The molecule has 94 valence electrons. The minimum absolute atomic E-state index is 0.177. The molecule has 4 heteroatoms. The van der Waals surface area contributed by atoms with Gasteiger partial charge >= 0.3 is 0 Å². The van der Waals surface area contributed by atoms with Gasteiger partial charge < -0.3 is 4.74 Å². The fraction of sp³-hybridized carbons (Fsp3) is 0.833. The van der Waals surface area contributed by atoms with Crippen molar-refractivity contribution in [3.05, 3.63) is 12.3 Å². The Hall–Kier alpha value is -0.350. The van der Waals surface area contributed by atoms with Gasteiger partial charge in [-0.2, -0.15) is 0 Å². The molecule has 1 rings (SSSR count). The molecule has 1 heterocycles. The molecule has 0 bridgehead atoms. The summed E-state index contributed by atoms with van der Waals surface area (Å²) in [6, 6.07) is 0. The molecular formula is C12H23NO2S. The van der Waals surface area contributed by atoms with Crippen LogP contribution in [0, 0.1) is 0 Å². The standard InChI is InChI=1S/C12H23NO2S/c1-12(2,3)16(14)13-9-6-8-11-7-4-5-10-15-11/h5,10-11,13H,4,6-9H2,1-3H3/t11-,16?/m0/s1. The molecule has 1 N–H and O–H groups in total. The van der Waals surface area contributed by atoms with Crippen molar-refractivity contribution in [2.75, 3.05) is 6.54 Å². The van der Waals surface area contributed by atoms with Crippen LogP contribution in [0.15, 0.2) is 12.3 Å². The number of ether oxygens (including phenoxy) is 1. The van der Waals surface area contributed by atoms with Gasteiger partial charge in [-0.3, -0.25) is 0 Å². The summed E-state index contributed by atoms with van der Waals surface area (Å²) in [4.78, 5) is 0. The number of allylic oxidation sites excluding steroid dienone is 1. The van der Waals surface area contributed by atoms with E-state index in [1.807, 2.05) is 20.8 Å². The molecule has 0 aromatic heterocycles. The maximum absolute atomic E-state index is 11.7. The Bertz CT molecular complexity index is 258. The van der Waals surface area contributed by atoms with Gasteiger partial charge in [0, 0.05) is 6.54 Å². The van der Waals surface area contributed by atoms with Gasteiger partial charge in [0.25, 0.3) is 0 Å². The van der Waals surface area contributed by atoms with Crippen LogP contribution in [0.4, 0.5) is 0 Å². The van der Waals surface area contributed by atoms with Gasteiger partial charge in [-0.25, -0.2) is 8.93 Å². The number of nitrogens with one attached hydrogen (secondary N) is 1. The van der Waals surface area contributed by atoms with Crippen LogP contribution >= 0.6 is 0 Å². The molecule has 0 saturated carbocycles. The minimum Gasteiger partial charge on any atom is -0.498 e. The monoisotopic (exact) mass is 245 g/mol. The summed E-state index contributed by atoms with van der Waals surface area (Å²) in [7, 11) is -0.949. The predicted molar refractivity (Wildman–Crippen MR) is 68.4 cm³/mol. The van der Waals surface area contributed by atoms with Crippen LogP contribution in [0.1, 0.15) is 46.5 Å². The summed E-state index contributed by atoms with van der Waals surface area (Å²) in [6.45, 7) is 6.73. The molecule has 0 aromatic rings. The molecule has 1 aliphatic heterocycles. The van der Waals surface area contributed by atoms with Crippen LogP contribution in [0.5, 0.6) is 0 Å². The van der Waals surface area contributed by atoms with Gasteiger partial charge in [-0.05, 0) is 52.5 Å². The Morgan fingerprint density at radius 1 is 1.50 bits per heavy atom. The predicted octanol–water partition coefficient (Wildman–Crippen LogP) is 2.51.